The van der Waals surface area contributed by atoms with Crippen LogP contribution < -0.4 is 0 Å². The van der Waals surface area contributed by atoms with Crippen molar-refractivity contribution in [2.45, 2.75) is 91.0 Å². The smallest absolute Gasteiger partial charge is 0.00987 e. The van der Waals surface area contributed by atoms with Crippen molar-refractivity contribution >= 4 is 0 Å². The Kier molecular flexibility index (Phi) is 5.74. The summed E-state index contributed by atoms with van der Waals surface area (Å²) in [5, 5.41) is 0. The molecule has 0 amide bonds. The molecule has 0 aromatic rings. The van der Waals surface area contributed by atoms with Crippen molar-refractivity contribution in [1.29, 1.82) is 0 Å². The van der Waals surface area contributed by atoms with Crippen LogP contribution in [0.15, 0.2) is 0 Å². The SMILES string of the molecule is CCCCCCC(C)(CC)C1CC2CCCCN2C1. The third kappa shape index (κ3) is 3.74. The summed E-state index contributed by atoms with van der Waals surface area (Å²) in [6.07, 6.45) is 14.5. The third-order valence-electron chi connectivity index (χ3n) is 6.16. The molecular weight excluding hydrogens is 230 g/mol. The Balaban J connectivity index is 1.86. The average molecular weight is 265 g/mol. The Morgan fingerprint density at radius 3 is 2.63 bits per heavy atom. The average Bonchev–Trinajstić information content (AvgIpc) is 2.88. The van der Waals surface area contributed by atoms with Gasteiger partial charge < -0.3 is 4.90 Å². The predicted octanol–water partition coefficient (Wildman–Crippen LogP) is 5.25. The lowest BCUT2D eigenvalue weighted by Crippen LogP contribution is -2.35. The minimum atomic E-state index is 0.616. The number of fused-ring (bicyclic) bond motifs is 1. The standard InChI is InChI=1S/C18H35N/c1-4-6-7-9-12-18(3,5-2)16-14-17-11-8-10-13-19(17)15-16/h16-17H,4-15H2,1-3H3. The highest BCUT2D eigenvalue weighted by molar-refractivity contribution is 4.94. The molecule has 0 aromatic carbocycles. The van der Waals surface area contributed by atoms with Crippen LogP contribution in [-0.4, -0.2) is 24.0 Å². The predicted molar refractivity (Wildman–Crippen MR) is 84.5 cm³/mol. The summed E-state index contributed by atoms with van der Waals surface area (Å²) >= 11 is 0. The maximum absolute atomic E-state index is 2.81. The molecule has 0 radical (unpaired) electrons. The first-order valence-electron chi connectivity index (χ1n) is 8.93. The van der Waals surface area contributed by atoms with Crippen LogP contribution in [0.2, 0.25) is 0 Å². The Hall–Kier alpha value is -0.0400. The highest BCUT2D eigenvalue weighted by Crippen LogP contribution is 2.45. The zero-order chi connectivity index (χ0) is 13.7. The van der Waals surface area contributed by atoms with Crippen molar-refractivity contribution in [3.63, 3.8) is 0 Å². The van der Waals surface area contributed by atoms with E-state index in [1.807, 2.05) is 0 Å². The van der Waals surface area contributed by atoms with Crippen molar-refractivity contribution in [2.24, 2.45) is 11.3 Å². The van der Waals surface area contributed by atoms with Crippen LogP contribution >= 0.6 is 0 Å². The summed E-state index contributed by atoms with van der Waals surface area (Å²) in [5.41, 5.74) is 0.616. The van der Waals surface area contributed by atoms with E-state index in [1.54, 1.807) is 0 Å². The van der Waals surface area contributed by atoms with Gasteiger partial charge in [-0.1, -0.05) is 59.3 Å². The van der Waals surface area contributed by atoms with E-state index < -0.39 is 0 Å². The van der Waals surface area contributed by atoms with Gasteiger partial charge in [-0.15, -0.1) is 0 Å². The number of unbranched alkanes of at least 4 members (excludes halogenated alkanes) is 3. The molecule has 1 nitrogen and oxygen atoms in total. The van der Waals surface area contributed by atoms with E-state index in [9.17, 15) is 0 Å². The van der Waals surface area contributed by atoms with Crippen LogP contribution in [0.25, 0.3) is 0 Å². The van der Waals surface area contributed by atoms with Gasteiger partial charge in [0.2, 0.25) is 0 Å². The fourth-order valence-corrected chi connectivity index (χ4v) is 4.38. The van der Waals surface area contributed by atoms with Gasteiger partial charge in [0.1, 0.15) is 0 Å². The summed E-state index contributed by atoms with van der Waals surface area (Å²) < 4.78 is 0. The van der Waals surface area contributed by atoms with Gasteiger partial charge in [-0.25, -0.2) is 0 Å². The van der Waals surface area contributed by atoms with Crippen molar-refractivity contribution in [1.82, 2.24) is 4.90 Å². The molecule has 0 aliphatic carbocycles. The van der Waals surface area contributed by atoms with Gasteiger partial charge in [0.15, 0.2) is 0 Å². The number of nitrogens with zero attached hydrogens (tertiary/aromatic N) is 1. The summed E-state index contributed by atoms with van der Waals surface area (Å²) in [6, 6.07) is 0.945. The van der Waals surface area contributed by atoms with E-state index in [-0.39, 0.29) is 0 Å². The Morgan fingerprint density at radius 1 is 1.11 bits per heavy atom. The van der Waals surface area contributed by atoms with Crippen molar-refractivity contribution in [2.75, 3.05) is 13.1 Å². The Bertz CT molecular complexity index is 248. The highest BCUT2D eigenvalue weighted by Gasteiger charge is 2.41. The van der Waals surface area contributed by atoms with Crippen molar-refractivity contribution < 1.29 is 0 Å². The van der Waals surface area contributed by atoms with Crippen LogP contribution in [0.1, 0.15) is 85.0 Å². The van der Waals surface area contributed by atoms with Gasteiger partial charge in [0.05, 0.1) is 0 Å². The van der Waals surface area contributed by atoms with Gasteiger partial charge >= 0.3 is 0 Å². The largest absolute Gasteiger partial charge is 0.300 e. The quantitative estimate of drug-likeness (QED) is 0.568. The summed E-state index contributed by atoms with van der Waals surface area (Å²) in [5.74, 6) is 0.974. The molecule has 2 saturated heterocycles. The molecule has 3 unspecified atom stereocenters. The van der Waals surface area contributed by atoms with E-state index in [1.165, 1.54) is 77.3 Å². The molecule has 3 atom stereocenters. The molecule has 0 bridgehead atoms. The fourth-order valence-electron chi connectivity index (χ4n) is 4.38. The second-order valence-corrected chi connectivity index (χ2v) is 7.40. The normalized spacial score (nSPS) is 31.1. The van der Waals surface area contributed by atoms with Crippen LogP contribution in [-0.2, 0) is 0 Å². The minimum Gasteiger partial charge on any atom is -0.300 e. The molecule has 2 fully saturated rings. The number of hydrogen-bond acceptors (Lipinski definition) is 1. The molecule has 0 saturated carbocycles. The molecule has 0 spiro atoms. The van der Waals surface area contributed by atoms with Gasteiger partial charge in [0.25, 0.3) is 0 Å². The van der Waals surface area contributed by atoms with Crippen LogP contribution in [0.5, 0.6) is 0 Å². The van der Waals surface area contributed by atoms with Crippen LogP contribution in [0.3, 0.4) is 0 Å². The van der Waals surface area contributed by atoms with E-state index in [2.05, 4.69) is 25.7 Å². The lowest BCUT2D eigenvalue weighted by Gasteiger charge is -2.35. The van der Waals surface area contributed by atoms with Crippen LogP contribution in [0, 0.1) is 11.3 Å². The van der Waals surface area contributed by atoms with E-state index in [0.29, 0.717) is 5.41 Å². The van der Waals surface area contributed by atoms with Crippen LogP contribution in [0.4, 0.5) is 0 Å². The van der Waals surface area contributed by atoms with E-state index >= 15 is 0 Å². The monoisotopic (exact) mass is 265 g/mol. The number of piperidine rings is 1. The van der Waals surface area contributed by atoms with Crippen molar-refractivity contribution in [3.05, 3.63) is 0 Å². The lowest BCUT2D eigenvalue weighted by atomic mass is 9.70. The topological polar surface area (TPSA) is 3.24 Å². The summed E-state index contributed by atoms with van der Waals surface area (Å²) in [7, 11) is 0. The molecule has 2 rings (SSSR count). The molecule has 2 aliphatic heterocycles. The summed E-state index contributed by atoms with van der Waals surface area (Å²) in [6.45, 7) is 10.1. The molecule has 0 N–H and O–H groups in total. The first-order chi connectivity index (χ1) is 9.19. The highest BCUT2D eigenvalue weighted by atomic mass is 15.2. The molecular formula is C18H35N. The van der Waals surface area contributed by atoms with Gasteiger partial charge in [-0.05, 0) is 43.6 Å². The summed E-state index contributed by atoms with van der Waals surface area (Å²) in [4.78, 5) is 2.81. The zero-order valence-electron chi connectivity index (χ0n) is 13.6. The van der Waals surface area contributed by atoms with Gasteiger partial charge in [-0.2, -0.15) is 0 Å². The second-order valence-electron chi connectivity index (χ2n) is 7.40. The third-order valence-corrected chi connectivity index (χ3v) is 6.16. The van der Waals surface area contributed by atoms with Gasteiger partial charge in [-0.3, -0.25) is 0 Å². The molecule has 112 valence electrons. The van der Waals surface area contributed by atoms with Crippen molar-refractivity contribution in [3.8, 4) is 0 Å². The zero-order valence-corrected chi connectivity index (χ0v) is 13.6. The molecule has 2 heterocycles. The number of hydrogen-bond donors (Lipinski definition) is 0. The number of rotatable bonds is 7. The van der Waals surface area contributed by atoms with E-state index in [0.717, 1.165) is 12.0 Å². The Morgan fingerprint density at radius 2 is 1.95 bits per heavy atom. The molecule has 19 heavy (non-hydrogen) atoms. The minimum absolute atomic E-state index is 0.616. The Labute approximate surface area is 121 Å². The molecule has 1 heteroatoms. The first-order valence-corrected chi connectivity index (χ1v) is 8.93. The fraction of sp³-hybridized carbons (Fsp3) is 1.00. The molecule has 2 aliphatic rings. The van der Waals surface area contributed by atoms with Gasteiger partial charge in [0, 0.05) is 12.6 Å². The maximum atomic E-state index is 2.81. The van der Waals surface area contributed by atoms with E-state index in [4.69, 9.17) is 0 Å². The molecule has 0 aromatic heterocycles. The maximum Gasteiger partial charge on any atom is 0.00987 e. The lowest BCUT2D eigenvalue weighted by molar-refractivity contribution is 0.150. The first kappa shape index (κ1) is 15.4. The second kappa shape index (κ2) is 7.11.